The molecule has 2 N–H and O–H groups in total. The summed E-state index contributed by atoms with van der Waals surface area (Å²) in [4.78, 5) is 0. The van der Waals surface area contributed by atoms with Gasteiger partial charge >= 0.3 is 0 Å². The number of hydrogen-bond donors (Lipinski definition) is 2. The summed E-state index contributed by atoms with van der Waals surface area (Å²) < 4.78 is 0. The van der Waals surface area contributed by atoms with Crippen molar-refractivity contribution in [1.82, 2.24) is 0 Å². The Labute approximate surface area is 176 Å². The average Bonchev–Trinajstić information content (AvgIpc) is 2.71. The van der Waals surface area contributed by atoms with Gasteiger partial charge in [0.05, 0.1) is 0 Å². The molecule has 0 aliphatic carbocycles. The van der Waals surface area contributed by atoms with Crippen LogP contribution >= 0.6 is 0 Å². The van der Waals surface area contributed by atoms with Crippen molar-refractivity contribution in [3.63, 3.8) is 0 Å². The van der Waals surface area contributed by atoms with E-state index in [1.54, 1.807) is 0 Å². The van der Waals surface area contributed by atoms with Crippen molar-refractivity contribution in [3.8, 4) is 0 Å². The normalized spacial score (nSPS) is 11.6. The minimum atomic E-state index is 0.286. The van der Waals surface area contributed by atoms with E-state index < -0.39 is 0 Å². The van der Waals surface area contributed by atoms with Gasteiger partial charge in [-0.25, -0.2) is 0 Å². The fourth-order valence-electron chi connectivity index (χ4n) is 2.82. The summed E-state index contributed by atoms with van der Waals surface area (Å²) in [6.45, 7) is 5.03. The SMILES string of the molecule is CC/C=C\C=C/CCCCCCO.CCCCCCCCCC/C=C\CCO. The molecule has 0 atom stereocenters. The second kappa shape index (κ2) is 30.9. The van der Waals surface area contributed by atoms with Crippen molar-refractivity contribution < 1.29 is 10.2 Å². The Morgan fingerprint density at radius 3 is 1.54 bits per heavy atom. The molecule has 0 spiro atoms. The van der Waals surface area contributed by atoms with Gasteiger partial charge in [-0.2, -0.15) is 0 Å². The van der Waals surface area contributed by atoms with Crippen molar-refractivity contribution >= 4 is 0 Å². The number of hydrogen-bond acceptors (Lipinski definition) is 2. The quantitative estimate of drug-likeness (QED) is 0.133. The molecule has 2 nitrogen and oxygen atoms in total. The lowest BCUT2D eigenvalue weighted by Crippen LogP contribution is -1.82. The summed E-state index contributed by atoms with van der Waals surface area (Å²) >= 11 is 0. The highest BCUT2D eigenvalue weighted by Gasteiger charge is 1.90. The Morgan fingerprint density at radius 1 is 0.464 bits per heavy atom. The van der Waals surface area contributed by atoms with Crippen LogP contribution in [-0.2, 0) is 0 Å². The minimum absolute atomic E-state index is 0.286. The molecule has 0 radical (unpaired) electrons. The van der Waals surface area contributed by atoms with Gasteiger partial charge in [0.1, 0.15) is 0 Å². The van der Waals surface area contributed by atoms with Crippen LogP contribution < -0.4 is 0 Å². The van der Waals surface area contributed by atoms with Gasteiger partial charge in [0, 0.05) is 13.2 Å². The topological polar surface area (TPSA) is 40.5 Å². The maximum atomic E-state index is 8.56. The van der Waals surface area contributed by atoms with Gasteiger partial charge in [0.15, 0.2) is 0 Å². The van der Waals surface area contributed by atoms with Gasteiger partial charge in [-0.15, -0.1) is 0 Å². The molecular weight excluding hydrogens is 344 g/mol. The van der Waals surface area contributed by atoms with Crippen LogP contribution in [0.1, 0.15) is 117 Å². The molecule has 0 amide bonds. The highest BCUT2D eigenvalue weighted by molar-refractivity contribution is 5.01. The van der Waals surface area contributed by atoms with E-state index in [1.807, 2.05) is 0 Å². The van der Waals surface area contributed by atoms with Crippen LogP contribution in [0.15, 0.2) is 36.5 Å². The summed E-state index contributed by atoms with van der Waals surface area (Å²) in [5, 5.41) is 17.1. The molecule has 0 fully saturated rings. The predicted octanol–water partition coefficient (Wildman–Crippen LogP) is 7.91. The molecule has 0 aliphatic heterocycles. The summed E-state index contributed by atoms with van der Waals surface area (Å²) in [5.41, 5.74) is 0. The van der Waals surface area contributed by atoms with Crippen LogP contribution in [0.25, 0.3) is 0 Å². The van der Waals surface area contributed by atoms with E-state index in [2.05, 4.69) is 50.3 Å². The lowest BCUT2D eigenvalue weighted by Gasteiger charge is -1.99. The van der Waals surface area contributed by atoms with Crippen LogP contribution in [0.4, 0.5) is 0 Å². The molecule has 0 heterocycles. The molecule has 2 heteroatoms. The molecule has 0 saturated heterocycles. The Kier molecular flexibility index (Phi) is 32.3. The summed E-state index contributed by atoms with van der Waals surface area (Å²) in [6.07, 6.45) is 32.9. The largest absolute Gasteiger partial charge is 0.396 e. The fraction of sp³-hybridized carbons (Fsp3) is 0.769. The molecule has 0 rings (SSSR count). The first-order chi connectivity index (χ1) is 13.8. The second-order valence-electron chi connectivity index (χ2n) is 7.44. The van der Waals surface area contributed by atoms with Gasteiger partial charge in [-0.3, -0.25) is 0 Å². The zero-order valence-electron chi connectivity index (χ0n) is 19.1. The van der Waals surface area contributed by atoms with E-state index in [4.69, 9.17) is 10.2 Å². The molecule has 0 saturated carbocycles. The standard InChI is InChI=1S/C14H28O.C12H22O/c1-2-3-4-5-6-7-8-9-10-11-12-13-14-15;1-2-3-4-5-6-7-8-9-10-11-12-13/h11-12,15H,2-10,13-14H2,1H3;3-6,13H,2,7-12H2,1H3/b12-11-;4-3-,6-5-. The maximum Gasteiger partial charge on any atom is 0.0465 e. The third-order valence-electron chi connectivity index (χ3n) is 4.58. The summed E-state index contributed by atoms with van der Waals surface area (Å²) in [5.74, 6) is 0. The van der Waals surface area contributed by atoms with E-state index in [9.17, 15) is 0 Å². The van der Waals surface area contributed by atoms with E-state index in [0.717, 1.165) is 25.7 Å². The number of unbranched alkanes of at least 4 members (excludes halogenated alkanes) is 12. The average molecular weight is 395 g/mol. The first kappa shape index (κ1) is 29.3. The Balaban J connectivity index is 0. The zero-order valence-corrected chi connectivity index (χ0v) is 19.1. The first-order valence-electron chi connectivity index (χ1n) is 12.0. The second-order valence-corrected chi connectivity index (χ2v) is 7.44. The lowest BCUT2D eigenvalue weighted by atomic mass is 10.1. The zero-order chi connectivity index (χ0) is 21.0. The third-order valence-corrected chi connectivity index (χ3v) is 4.58. The highest BCUT2D eigenvalue weighted by Crippen LogP contribution is 2.09. The van der Waals surface area contributed by atoms with Crippen LogP contribution in [0.2, 0.25) is 0 Å². The van der Waals surface area contributed by atoms with Gasteiger partial charge in [-0.1, -0.05) is 108 Å². The van der Waals surface area contributed by atoms with Crippen LogP contribution in [-0.4, -0.2) is 23.4 Å². The highest BCUT2D eigenvalue weighted by atomic mass is 16.3. The molecule has 0 aromatic rings. The Hall–Kier alpha value is -0.860. The smallest absolute Gasteiger partial charge is 0.0465 e. The molecule has 166 valence electrons. The number of rotatable bonds is 19. The van der Waals surface area contributed by atoms with Crippen LogP contribution in [0.5, 0.6) is 0 Å². The lowest BCUT2D eigenvalue weighted by molar-refractivity contribution is 0.282. The van der Waals surface area contributed by atoms with E-state index in [0.29, 0.717) is 6.61 Å². The number of aliphatic hydroxyl groups is 2. The predicted molar refractivity (Wildman–Crippen MR) is 127 cm³/mol. The van der Waals surface area contributed by atoms with Gasteiger partial charge < -0.3 is 10.2 Å². The van der Waals surface area contributed by atoms with Gasteiger partial charge in [0.2, 0.25) is 0 Å². The first-order valence-corrected chi connectivity index (χ1v) is 12.0. The van der Waals surface area contributed by atoms with Crippen molar-refractivity contribution in [2.24, 2.45) is 0 Å². The minimum Gasteiger partial charge on any atom is -0.396 e. The van der Waals surface area contributed by atoms with Crippen molar-refractivity contribution in [2.45, 2.75) is 117 Å². The molecule has 0 aromatic heterocycles. The Bertz CT molecular complexity index is 331. The fourth-order valence-corrected chi connectivity index (χ4v) is 2.82. The van der Waals surface area contributed by atoms with Crippen molar-refractivity contribution in [3.05, 3.63) is 36.5 Å². The Morgan fingerprint density at radius 2 is 0.964 bits per heavy atom. The van der Waals surface area contributed by atoms with E-state index in [-0.39, 0.29) is 6.61 Å². The van der Waals surface area contributed by atoms with E-state index in [1.165, 1.54) is 77.0 Å². The molecule has 0 aliphatic rings. The van der Waals surface area contributed by atoms with E-state index >= 15 is 0 Å². The van der Waals surface area contributed by atoms with Crippen LogP contribution in [0.3, 0.4) is 0 Å². The summed E-state index contributed by atoms with van der Waals surface area (Å²) in [7, 11) is 0. The van der Waals surface area contributed by atoms with Crippen LogP contribution in [0, 0.1) is 0 Å². The molecule has 0 aromatic carbocycles. The molecular formula is C26H50O2. The van der Waals surface area contributed by atoms with Gasteiger partial charge in [-0.05, 0) is 44.9 Å². The summed E-state index contributed by atoms with van der Waals surface area (Å²) in [6, 6.07) is 0. The monoisotopic (exact) mass is 394 g/mol. The molecule has 0 bridgehead atoms. The van der Waals surface area contributed by atoms with Crippen molar-refractivity contribution in [2.75, 3.05) is 13.2 Å². The third kappa shape index (κ3) is 32.8. The maximum absolute atomic E-state index is 8.56. The molecule has 0 unspecified atom stereocenters. The number of aliphatic hydroxyl groups excluding tert-OH is 2. The number of allylic oxidation sites excluding steroid dienone is 5. The van der Waals surface area contributed by atoms with Gasteiger partial charge in [0.25, 0.3) is 0 Å². The molecule has 28 heavy (non-hydrogen) atoms. The van der Waals surface area contributed by atoms with Crippen molar-refractivity contribution in [1.29, 1.82) is 0 Å².